The van der Waals surface area contributed by atoms with E-state index in [1.54, 1.807) is 38.4 Å². The number of nitrogens with zero attached hydrogens (tertiary/aromatic N) is 2. The van der Waals surface area contributed by atoms with Crippen molar-refractivity contribution in [2.24, 2.45) is 4.99 Å². The SMILES string of the molecule is CN=C(NCCCCN1C(=O)c2ccccc2C1=O)NCCOC.I. The van der Waals surface area contributed by atoms with Crippen LogP contribution >= 0.6 is 24.0 Å². The van der Waals surface area contributed by atoms with E-state index in [-0.39, 0.29) is 35.8 Å². The summed E-state index contributed by atoms with van der Waals surface area (Å²) in [5.74, 6) is 0.328. The fourth-order valence-electron chi connectivity index (χ4n) is 2.54. The smallest absolute Gasteiger partial charge is 0.261 e. The zero-order chi connectivity index (χ0) is 17.4. The number of halogens is 1. The van der Waals surface area contributed by atoms with Gasteiger partial charge in [0, 0.05) is 33.8 Å². The number of guanidine groups is 1. The zero-order valence-electron chi connectivity index (χ0n) is 14.6. The lowest BCUT2D eigenvalue weighted by Crippen LogP contribution is -2.39. The van der Waals surface area contributed by atoms with Crippen molar-refractivity contribution < 1.29 is 14.3 Å². The predicted octanol–water partition coefficient (Wildman–Crippen LogP) is 1.49. The Morgan fingerprint density at radius 2 is 1.68 bits per heavy atom. The number of nitrogens with one attached hydrogen (secondary N) is 2. The average Bonchev–Trinajstić information content (AvgIpc) is 2.85. The molecule has 8 heteroatoms. The van der Waals surface area contributed by atoms with Gasteiger partial charge in [0.2, 0.25) is 0 Å². The number of fused-ring (bicyclic) bond motifs is 1. The number of aliphatic imine (C=N–C) groups is 1. The van der Waals surface area contributed by atoms with Crippen molar-refractivity contribution in [2.45, 2.75) is 12.8 Å². The Morgan fingerprint density at radius 3 is 2.24 bits per heavy atom. The van der Waals surface area contributed by atoms with Gasteiger partial charge in [0.05, 0.1) is 17.7 Å². The van der Waals surface area contributed by atoms with Crippen molar-refractivity contribution in [3.05, 3.63) is 35.4 Å². The molecule has 2 N–H and O–H groups in total. The molecule has 0 atom stereocenters. The Morgan fingerprint density at radius 1 is 1.08 bits per heavy atom. The van der Waals surface area contributed by atoms with Gasteiger partial charge in [0.25, 0.3) is 11.8 Å². The van der Waals surface area contributed by atoms with Gasteiger partial charge in [-0.05, 0) is 25.0 Å². The van der Waals surface area contributed by atoms with Crippen LogP contribution in [0.15, 0.2) is 29.3 Å². The summed E-state index contributed by atoms with van der Waals surface area (Å²) in [6, 6.07) is 6.96. The maximum Gasteiger partial charge on any atom is 0.261 e. The molecule has 0 aliphatic carbocycles. The van der Waals surface area contributed by atoms with Gasteiger partial charge in [-0.1, -0.05) is 12.1 Å². The van der Waals surface area contributed by atoms with Crippen LogP contribution in [-0.2, 0) is 4.74 Å². The van der Waals surface area contributed by atoms with Crippen molar-refractivity contribution in [3.63, 3.8) is 0 Å². The lowest BCUT2D eigenvalue weighted by molar-refractivity contribution is 0.0652. The van der Waals surface area contributed by atoms with Gasteiger partial charge in [-0.2, -0.15) is 0 Å². The molecule has 1 aromatic rings. The molecule has 0 unspecified atom stereocenters. The van der Waals surface area contributed by atoms with Gasteiger partial charge in [0.1, 0.15) is 0 Å². The summed E-state index contributed by atoms with van der Waals surface area (Å²) in [4.78, 5) is 29.9. The van der Waals surface area contributed by atoms with E-state index < -0.39 is 0 Å². The maximum atomic E-state index is 12.2. The van der Waals surface area contributed by atoms with Crippen LogP contribution in [0.2, 0.25) is 0 Å². The van der Waals surface area contributed by atoms with Gasteiger partial charge in [-0.15, -0.1) is 24.0 Å². The third-order valence-corrected chi connectivity index (χ3v) is 3.80. The lowest BCUT2D eigenvalue weighted by Gasteiger charge is -2.14. The predicted molar refractivity (Wildman–Crippen MR) is 108 cm³/mol. The maximum absolute atomic E-state index is 12.2. The Bertz CT molecular complexity index is 587. The van der Waals surface area contributed by atoms with Gasteiger partial charge in [0.15, 0.2) is 5.96 Å². The summed E-state index contributed by atoms with van der Waals surface area (Å²) in [5, 5.41) is 6.31. The summed E-state index contributed by atoms with van der Waals surface area (Å²) in [5.41, 5.74) is 1.01. The van der Waals surface area contributed by atoms with Crippen LogP contribution in [0.4, 0.5) is 0 Å². The molecule has 1 aromatic carbocycles. The molecule has 0 fully saturated rings. The van der Waals surface area contributed by atoms with Crippen LogP contribution < -0.4 is 10.6 Å². The van der Waals surface area contributed by atoms with E-state index in [9.17, 15) is 9.59 Å². The number of hydrogen-bond acceptors (Lipinski definition) is 4. The number of unbranched alkanes of at least 4 members (excludes halogenated alkanes) is 1. The molecule has 0 radical (unpaired) electrons. The van der Waals surface area contributed by atoms with Gasteiger partial charge in [-0.25, -0.2) is 0 Å². The summed E-state index contributed by atoms with van der Waals surface area (Å²) in [6.07, 6.45) is 1.58. The highest BCUT2D eigenvalue weighted by Gasteiger charge is 2.34. The molecule has 0 saturated heterocycles. The third-order valence-electron chi connectivity index (χ3n) is 3.80. The Balaban J connectivity index is 0.00000312. The quantitative estimate of drug-likeness (QED) is 0.202. The first kappa shape index (κ1) is 21.4. The number of carbonyl (C=O) groups excluding carboxylic acids is 2. The monoisotopic (exact) mass is 460 g/mol. The highest BCUT2D eigenvalue weighted by atomic mass is 127. The summed E-state index contributed by atoms with van der Waals surface area (Å²) in [6.45, 7) is 2.45. The summed E-state index contributed by atoms with van der Waals surface area (Å²) >= 11 is 0. The molecule has 25 heavy (non-hydrogen) atoms. The molecule has 2 amide bonds. The van der Waals surface area contributed by atoms with Gasteiger partial charge < -0.3 is 15.4 Å². The molecule has 1 aliphatic rings. The minimum atomic E-state index is -0.194. The molecule has 1 heterocycles. The molecular weight excluding hydrogens is 435 g/mol. The lowest BCUT2D eigenvalue weighted by atomic mass is 10.1. The number of methoxy groups -OCH3 is 1. The largest absolute Gasteiger partial charge is 0.383 e. The molecule has 1 aliphatic heterocycles. The number of amides is 2. The molecule has 0 bridgehead atoms. The van der Waals surface area contributed by atoms with Crippen molar-refractivity contribution in [3.8, 4) is 0 Å². The highest BCUT2D eigenvalue weighted by Crippen LogP contribution is 2.22. The topological polar surface area (TPSA) is 83.0 Å². The number of carbonyl (C=O) groups is 2. The average molecular weight is 460 g/mol. The number of imide groups is 1. The molecule has 0 saturated carbocycles. The fraction of sp³-hybridized carbons (Fsp3) is 0.471. The molecule has 2 rings (SSSR count). The molecule has 0 aromatic heterocycles. The van der Waals surface area contributed by atoms with Crippen LogP contribution in [0, 0.1) is 0 Å². The van der Waals surface area contributed by atoms with E-state index in [4.69, 9.17) is 4.74 Å². The minimum Gasteiger partial charge on any atom is -0.383 e. The molecular formula is C17H25IN4O3. The molecule has 0 spiro atoms. The second kappa shape index (κ2) is 11.0. The minimum absolute atomic E-state index is 0. The Labute approximate surface area is 165 Å². The van der Waals surface area contributed by atoms with E-state index in [2.05, 4.69) is 15.6 Å². The number of ether oxygens (including phenoxy) is 1. The first-order valence-electron chi connectivity index (χ1n) is 8.07. The van der Waals surface area contributed by atoms with Crippen LogP contribution in [0.1, 0.15) is 33.6 Å². The summed E-state index contributed by atoms with van der Waals surface area (Å²) < 4.78 is 4.97. The Kier molecular flexibility index (Phi) is 9.43. The van der Waals surface area contributed by atoms with Crippen molar-refractivity contribution in [2.75, 3.05) is 40.4 Å². The second-order valence-electron chi connectivity index (χ2n) is 5.43. The van der Waals surface area contributed by atoms with Crippen LogP contribution in [0.25, 0.3) is 0 Å². The van der Waals surface area contributed by atoms with E-state index >= 15 is 0 Å². The van der Waals surface area contributed by atoms with Gasteiger partial charge >= 0.3 is 0 Å². The fourth-order valence-corrected chi connectivity index (χ4v) is 2.54. The first-order valence-corrected chi connectivity index (χ1v) is 8.07. The normalized spacial score (nSPS) is 13.5. The number of benzene rings is 1. The number of hydrogen-bond donors (Lipinski definition) is 2. The van der Waals surface area contributed by atoms with E-state index in [1.807, 2.05) is 0 Å². The third kappa shape index (κ3) is 5.67. The Hall–Kier alpha value is -1.68. The first-order chi connectivity index (χ1) is 11.7. The van der Waals surface area contributed by atoms with Crippen LogP contribution in [0.5, 0.6) is 0 Å². The van der Waals surface area contributed by atoms with Crippen molar-refractivity contribution in [1.29, 1.82) is 0 Å². The van der Waals surface area contributed by atoms with Crippen LogP contribution in [0.3, 0.4) is 0 Å². The van der Waals surface area contributed by atoms with E-state index in [0.717, 1.165) is 19.4 Å². The van der Waals surface area contributed by atoms with Crippen molar-refractivity contribution >= 4 is 41.8 Å². The van der Waals surface area contributed by atoms with Crippen LogP contribution in [-0.4, -0.2) is 63.1 Å². The molecule has 7 nitrogen and oxygen atoms in total. The van der Waals surface area contributed by atoms with Gasteiger partial charge in [-0.3, -0.25) is 19.5 Å². The second-order valence-corrected chi connectivity index (χ2v) is 5.43. The standard InChI is InChI=1S/C17H24N4O3.HI/c1-18-17(20-10-12-24-2)19-9-5-6-11-21-15(22)13-7-3-4-8-14(13)16(21)23;/h3-4,7-8H,5-6,9-12H2,1-2H3,(H2,18,19,20);1H. The van der Waals surface area contributed by atoms with E-state index in [0.29, 0.717) is 36.8 Å². The molecule has 138 valence electrons. The number of rotatable bonds is 8. The highest BCUT2D eigenvalue weighted by molar-refractivity contribution is 14.0. The zero-order valence-corrected chi connectivity index (χ0v) is 16.9. The van der Waals surface area contributed by atoms with E-state index in [1.165, 1.54) is 4.90 Å². The summed E-state index contributed by atoms with van der Waals surface area (Å²) in [7, 11) is 3.36. The van der Waals surface area contributed by atoms with Crippen molar-refractivity contribution in [1.82, 2.24) is 15.5 Å².